The van der Waals surface area contributed by atoms with E-state index < -0.39 is 0 Å². The van der Waals surface area contributed by atoms with Crippen molar-refractivity contribution in [2.45, 2.75) is 71.6 Å². The minimum Gasteiger partial charge on any atom is -0.198 e. The molecule has 0 radical (unpaired) electrons. The molecule has 1 aromatic heterocycles. The highest BCUT2D eigenvalue weighted by Gasteiger charge is 2.25. The summed E-state index contributed by atoms with van der Waals surface area (Å²) >= 11 is 0. The second-order valence-corrected chi connectivity index (χ2v) is 9.25. The molecule has 28 heavy (non-hydrogen) atoms. The van der Waals surface area contributed by atoms with Crippen molar-refractivity contribution in [3.8, 4) is 11.3 Å². The highest BCUT2D eigenvalue weighted by Crippen LogP contribution is 2.39. The first kappa shape index (κ1) is 17.9. The lowest BCUT2D eigenvalue weighted by Crippen LogP contribution is -2.35. The first-order valence-corrected chi connectivity index (χ1v) is 11.1. The Bertz CT molecular complexity index is 1080. The molecule has 0 aliphatic heterocycles. The van der Waals surface area contributed by atoms with Crippen LogP contribution < -0.4 is 4.57 Å². The summed E-state index contributed by atoms with van der Waals surface area (Å²) < 4.78 is 2.42. The second-order valence-electron chi connectivity index (χ2n) is 9.25. The summed E-state index contributed by atoms with van der Waals surface area (Å²) in [6.45, 7) is 6.86. The maximum atomic E-state index is 2.53. The molecule has 3 aromatic rings. The summed E-state index contributed by atoms with van der Waals surface area (Å²) in [5.74, 6) is 0.753. The molecule has 2 aromatic carbocycles. The van der Waals surface area contributed by atoms with Crippen LogP contribution in [0.2, 0.25) is 0 Å². The highest BCUT2D eigenvalue weighted by molar-refractivity contribution is 5.95. The summed E-state index contributed by atoms with van der Waals surface area (Å²) in [4.78, 5) is 0. The molecule has 1 saturated carbocycles. The van der Waals surface area contributed by atoms with Crippen molar-refractivity contribution in [1.29, 1.82) is 0 Å². The molecule has 0 N–H and O–H groups in total. The monoisotopic (exact) mass is 370 g/mol. The summed E-state index contributed by atoms with van der Waals surface area (Å²) in [5.41, 5.74) is 11.8. The predicted molar refractivity (Wildman–Crippen MR) is 118 cm³/mol. The fourth-order valence-corrected chi connectivity index (χ4v) is 5.60. The van der Waals surface area contributed by atoms with Gasteiger partial charge in [0.05, 0.1) is 10.9 Å². The Kier molecular flexibility index (Phi) is 4.30. The lowest BCUT2D eigenvalue weighted by molar-refractivity contribution is -0.665. The lowest BCUT2D eigenvalue weighted by Gasteiger charge is -2.17. The summed E-state index contributed by atoms with van der Waals surface area (Å²) in [7, 11) is 2.24. The van der Waals surface area contributed by atoms with Gasteiger partial charge in [0.25, 0.3) is 0 Å². The number of benzene rings is 2. The van der Waals surface area contributed by atoms with E-state index in [2.05, 4.69) is 62.7 Å². The Labute approximate surface area is 169 Å². The topological polar surface area (TPSA) is 3.88 Å². The van der Waals surface area contributed by atoms with E-state index in [1.807, 2.05) is 0 Å². The third kappa shape index (κ3) is 2.79. The van der Waals surface area contributed by atoms with E-state index in [0.29, 0.717) is 0 Å². The fourth-order valence-electron chi connectivity index (χ4n) is 5.60. The number of fused-ring (bicyclic) bond motifs is 2. The van der Waals surface area contributed by atoms with Crippen molar-refractivity contribution in [3.05, 3.63) is 63.8 Å². The van der Waals surface area contributed by atoms with Gasteiger partial charge in [-0.1, -0.05) is 25.0 Å². The zero-order valence-corrected chi connectivity index (χ0v) is 17.9. The van der Waals surface area contributed by atoms with Crippen molar-refractivity contribution in [2.24, 2.45) is 7.05 Å². The molecule has 0 saturated heterocycles. The number of aromatic nitrogens is 1. The van der Waals surface area contributed by atoms with Gasteiger partial charge in [-0.2, -0.15) is 4.57 Å². The zero-order chi connectivity index (χ0) is 19.4. The SMILES string of the molecule is Cc1cc(C2CCCC2)cc(-c2c3cc4c(cc3cc(C)[n+]2C)CCC4)c1C. The van der Waals surface area contributed by atoms with Crippen LogP contribution >= 0.6 is 0 Å². The molecule has 0 unspecified atom stereocenters. The van der Waals surface area contributed by atoms with Crippen molar-refractivity contribution in [1.82, 2.24) is 0 Å². The molecule has 0 spiro atoms. The van der Waals surface area contributed by atoms with E-state index in [9.17, 15) is 0 Å². The molecule has 5 rings (SSSR count). The molecular formula is C27H32N+. The molecule has 144 valence electrons. The van der Waals surface area contributed by atoms with Gasteiger partial charge in [0, 0.05) is 13.0 Å². The Morgan fingerprint density at radius 2 is 1.54 bits per heavy atom. The Balaban J connectivity index is 1.80. The molecule has 1 heterocycles. The van der Waals surface area contributed by atoms with Gasteiger partial charge >= 0.3 is 0 Å². The van der Waals surface area contributed by atoms with Gasteiger partial charge in [-0.3, -0.25) is 0 Å². The van der Waals surface area contributed by atoms with Crippen LogP contribution in [0.1, 0.15) is 71.5 Å². The van der Waals surface area contributed by atoms with Gasteiger partial charge in [-0.05, 0) is 97.2 Å². The van der Waals surface area contributed by atoms with Gasteiger partial charge in [0.2, 0.25) is 5.69 Å². The lowest BCUT2D eigenvalue weighted by atomic mass is 9.88. The molecule has 1 nitrogen and oxygen atoms in total. The Morgan fingerprint density at radius 1 is 0.821 bits per heavy atom. The average Bonchev–Trinajstić information content (AvgIpc) is 3.35. The van der Waals surface area contributed by atoms with Crippen molar-refractivity contribution in [2.75, 3.05) is 0 Å². The van der Waals surface area contributed by atoms with Crippen LogP contribution in [0.25, 0.3) is 22.0 Å². The smallest absolute Gasteiger partial charge is 0.198 e. The first-order valence-electron chi connectivity index (χ1n) is 11.1. The van der Waals surface area contributed by atoms with Crippen molar-refractivity contribution >= 4 is 10.8 Å². The number of pyridine rings is 1. The van der Waals surface area contributed by atoms with E-state index in [1.165, 1.54) is 83.8 Å². The van der Waals surface area contributed by atoms with Gasteiger partial charge in [-0.25, -0.2) is 0 Å². The highest BCUT2D eigenvalue weighted by atomic mass is 14.9. The third-order valence-corrected chi connectivity index (χ3v) is 7.52. The minimum atomic E-state index is 0.753. The van der Waals surface area contributed by atoms with Gasteiger partial charge < -0.3 is 0 Å². The second kappa shape index (κ2) is 6.72. The van der Waals surface area contributed by atoms with Crippen LogP contribution in [0.3, 0.4) is 0 Å². The van der Waals surface area contributed by atoms with E-state index >= 15 is 0 Å². The van der Waals surface area contributed by atoms with Crippen LogP contribution in [0.15, 0.2) is 30.3 Å². The number of hydrogen-bond acceptors (Lipinski definition) is 0. The molecule has 2 aliphatic rings. The molecule has 1 heteroatoms. The summed E-state index contributed by atoms with van der Waals surface area (Å²) in [6.07, 6.45) is 9.28. The van der Waals surface area contributed by atoms with Crippen molar-refractivity contribution < 1.29 is 4.57 Å². The number of hydrogen-bond donors (Lipinski definition) is 0. The maximum Gasteiger partial charge on any atom is 0.220 e. The largest absolute Gasteiger partial charge is 0.220 e. The summed E-state index contributed by atoms with van der Waals surface area (Å²) in [5, 5.41) is 2.84. The average molecular weight is 371 g/mol. The normalized spacial score (nSPS) is 16.9. The molecule has 0 atom stereocenters. The molecule has 1 fully saturated rings. The standard InChI is InChI=1S/C27H32N/c1-17-12-23(20-8-5-6-9-20)16-25(19(17)3)27-26-15-22-11-7-10-21(22)14-24(26)13-18(2)28(27)4/h12-16,20H,5-11H2,1-4H3/q+1. The van der Waals surface area contributed by atoms with Crippen LogP contribution in [0.5, 0.6) is 0 Å². The van der Waals surface area contributed by atoms with Crippen LogP contribution in [-0.2, 0) is 19.9 Å². The van der Waals surface area contributed by atoms with Gasteiger partial charge in [0.1, 0.15) is 7.05 Å². The Morgan fingerprint density at radius 3 is 2.29 bits per heavy atom. The van der Waals surface area contributed by atoms with E-state index in [-0.39, 0.29) is 0 Å². The quantitative estimate of drug-likeness (QED) is 0.459. The third-order valence-electron chi connectivity index (χ3n) is 7.52. The zero-order valence-electron chi connectivity index (χ0n) is 17.9. The molecule has 0 bridgehead atoms. The van der Waals surface area contributed by atoms with Crippen LogP contribution in [0.4, 0.5) is 0 Å². The van der Waals surface area contributed by atoms with Crippen LogP contribution in [-0.4, -0.2) is 0 Å². The van der Waals surface area contributed by atoms with E-state index in [4.69, 9.17) is 0 Å². The van der Waals surface area contributed by atoms with Gasteiger partial charge in [-0.15, -0.1) is 0 Å². The Hall–Kier alpha value is -2.15. The molecular weight excluding hydrogens is 338 g/mol. The molecule has 0 amide bonds. The molecule has 2 aliphatic carbocycles. The van der Waals surface area contributed by atoms with E-state index in [1.54, 1.807) is 16.7 Å². The van der Waals surface area contributed by atoms with Crippen molar-refractivity contribution in [3.63, 3.8) is 0 Å². The first-order chi connectivity index (χ1) is 13.5. The predicted octanol–water partition coefficient (Wildman–Crippen LogP) is 6.40. The van der Waals surface area contributed by atoms with Gasteiger partial charge in [0.15, 0.2) is 5.69 Å². The van der Waals surface area contributed by atoms with E-state index in [0.717, 1.165) is 5.92 Å². The number of nitrogens with zero attached hydrogens (tertiary/aromatic N) is 1. The number of aryl methyl sites for hydroxylation is 4. The fraction of sp³-hybridized carbons (Fsp3) is 0.444. The maximum absolute atomic E-state index is 2.53. The number of rotatable bonds is 2. The minimum absolute atomic E-state index is 0.753. The summed E-state index contributed by atoms with van der Waals surface area (Å²) in [6, 6.07) is 12.3. The van der Waals surface area contributed by atoms with Crippen LogP contribution in [0, 0.1) is 20.8 Å².